The summed E-state index contributed by atoms with van der Waals surface area (Å²) in [6.07, 6.45) is 3.39. The van der Waals surface area contributed by atoms with Crippen LogP contribution in [0.4, 0.5) is 0 Å². The number of hydrogen-bond acceptors (Lipinski definition) is 0. The second-order valence-corrected chi connectivity index (χ2v) is 15.2. The Morgan fingerprint density at radius 2 is 0.960 bits per heavy atom. The maximum absolute atomic E-state index is 3.69. The zero-order valence-corrected chi connectivity index (χ0v) is 18.1. The SMILES string of the molecule is BrP(Br)CCCC(c1ccccc1)(c1ccccc1)c1ccccc1. The smallest absolute Gasteiger partial charge is 0.0451 e. The van der Waals surface area contributed by atoms with Crippen LogP contribution < -0.4 is 0 Å². The van der Waals surface area contributed by atoms with Gasteiger partial charge in [-0.1, -0.05) is 91.0 Å². The molecule has 0 aromatic heterocycles. The Bertz CT molecular complexity index is 661. The number of benzene rings is 3. The molecule has 0 bridgehead atoms. The summed E-state index contributed by atoms with van der Waals surface area (Å²) in [6, 6.07) is 32.8. The normalized spacial score (nSPS) is 11.6. The highest BCUT2D eigenvalue weighted by Gasteiger charge is 2.35. The second kappa shape index (κ2) is 9.12. The minimum atomic E-state index is -0.235. The van der Waals surface area contributed by atoms with Gasteiger partial charge < -0.3 is 0 Å². The van der Waals surface area contributed by atoms with Gasteiger partial charge in [0, 0.05) is 10.7 Å². The second-order valence-electron chi connectivity index (χ2n) is 6.13. The summed E-state index contributed by atoms with van der Waals surface area (Å²) >= 11 is 7.38. The topological polar surface area (TPSA) is 0 Å². The molecular weight excluding hydrogens is 455 g/mol. The molecule has 3 aromatic rings. The van der Waals surface area contributed by atoms with Crippen LogP contribution in [0.3, 0.4) is 0 Å². The van der Waals surface area contributed by atoms with Gasteiger partial charge in [0.2, 0.25) is 0 Å². The first-order valence-electron chi connectivity index (χ1n) is 8.49. The fourth-order valence-corrected chi connectivity index (χ4v) is 5.47. The highest BCUT2D eigenvalue weighted by Crippen LogP contribution is 2.53. The van der Waals surface area contributed by atoms with Crippen molar-refractivity contribution in [2.45, 2.75) is 18.3 Å². The molecule has 0 spiro atoms. The van der Waals surface area contributed by atoms with Crippen LogP contribution in [-0.4, -0.2) is 6.16 Å². The lowest BCUT2D eigenvalue weighted by Crippen LogP contribution is -2.29. The van der Waals surface area contributed by atoms with Crippen molar-refractivity contribution in [1.82, 2.24) is 0 Å². The Labute approximate surface area is 167 Å². The van der Waals surface area contributed by atoms with Gasteiger partial charge >= 0.3 is 0 Å². The van der Waals surface area contributed by atoms with Crippen LogP contribution in [0.1, 0.15) is 29.5 Å². The van der Waals surface area contributed by atoms with E-state index >= 15 is 0 Å². The molecule has 0 aliphatic carbocycles. The Morgan fingerprint density at radius 1 is 0.600 bits per heavy atom. The van der Waals surface area contributed by atoms with Crippen molar-refractivity contribution >= 4 is 36.3 Å². The molecule has 0 heterocycles. The first-order valence-corrected chi connectivity index (χ1v) is 14.1. The first-order chi connectivity index (χ1) is 12.2. The average molecular weight is 476 g/mol. The first kappa shape index (κ1) is 18.8. The van der Waals surface area contributed by atoms with Crippen LogP contribution in [0.5, 0.6) is 0 Å². The van der Waals surface area contributed by atoms with Gasteiger partial charge in [-0.2, -0.15) is 0 Å². The van der Waals surface area contributed by atoms with Gasteiger partial charge in [-0.15, -0.1) is 0 Å². The van der Waals surface area contributed by atoms with Gasteiger partial charge in [0.05, 0.1) is 0 Å². The fraction of sp³-hybridized carbons (Fsp3) is 0.182. The van der Waals surface area contributed by atoms with Crippen molar-refractivity contribution < 1.29 is 0 Å². The standard InChI is InChI=1S/C22H21Br2P/c23-25(24)18-10-17-22(19-11-4-1-5-12-19,20-13-6-2-7-14-20)21-15-8-3-9-16-21/h1-9,11-16H,10,17-18H2. The number of halogens is 2. The lowest BCUT2D eigenvalue weighted by molar-refractivity contribution is 0.552. The molecule has 0 nitrogen and oxygen atoms in total. The third kappa shape index (κ3) is 4.42. The predicted molar refractivity (Wildman–Crippen MR) is 118 cm³/mol. The van der Waals surface area contributed by atoms with Gasteiger partial charge in [-0.3, -0.25) is 0 Å². The van der Waals surface area contributed by atoms with E-state index in [9.17, 15) is 0 Å². The van der Waals surface area contributed by atoms with Gasteiger partial charge in [0.15, 0.2) is 0 Å². The van der Waals surface area contributed by atoms with Gasteiger partial charge in [-0.05, 0) is 66.7 Å². The van der Waals surface area contributed by atoms with Crippen molar-refractivity contribution in [3.05, 3.63) is 108 Å². The molecule has 0 unspecified atom stereocenters. The quantitative estimate of drug-likeness (QED) is 0.240. The highest BCUT2D eigenvalue weighted by atomic mass is 79.9. The molecule has 0 fully saturated rings. The number of rotatable bonds is 7. The summed E-state index contributed by atoms with van der Waals surface area (Å²) < 4.78 is 0. The van der Waals surface area contributed by atoms with E-state index in [1.807, 2.05) is 0 Å². The highest BCUT2D eigenvalue weighted by molar-refractivity contribution is 9.69. The molecule has 0 N–H and O–H groups in total. The molecule has 128 valence electrons. The molecule has 3 rings (SSSR count). The molecule has 0 amide bonds. The molecule has 0 aliphatic heterocycles. The Kier molecular flexibility index (Phi) is 6.87. The van der Waals surface area contributed by atoms with Crippen LogP contribution in [0.15, 0.2) is 91.0 Å². The van der Waals surface area contributed by atoms with E-state index in [1.54, 1.807) is 0 Å². The molecule has 0 aliphatic rings. The summed E-state index contributed by atoms with van der Waals surface area (Å²) in [5.41, 5.74) is 3.97. The molecule has 0 saturated heterocycles. The van der Waals surface area contributed by atoms with Crippen molar-refractivity contribution in [1.29, 1.82) is 0 Å². The minimum Gasteiger partial charge on any atom is -0.0622 e. The van der Waals surface area contributed by atoms with Crippen molar-refractivity contribution in [2.24, 2.45) is 0 Å². The molecule has 25 heavy (non-hydrogen) atoms. The summed E-state index contributed by atoms with van der Waals surface area (Å²) in [5.74, 6) is 0. The zero-order chi connectivity index (χ0) is 17.5. The average Bonchev–Trinajstić information content (AvgIpc) is 2.67. The van der Waals surface area contributed by atoms with Crippen LogP contribution in [-0.2, 0) is 5.41 Å². The maximum Gasteiger partial charge on any atom is 0.0451 e. The summed E-state index contributed by atoms with van der Waals surface area (Å²) in [5, 5.41) is -0.235. The van der Waals surface area contributed by atoms with Crippen LogP contribution in [0, 0.1) is 0 Å². The Morgan fingerprint density at radius 3 is 1.28 bits per heavy atom. The maximum atomic E-state index is 3.69. The van der Waals surface area contributed by atoms with Crippen LogP contribution >= 0.6 is 36.3 Å². The van der Waals surface area contributed by atoms with E-state index in [2.05, 4.69) is 122 Å². The van der Waals surface area contributed by atoms with E-state index < -0.39 is 0 Å². The third-order valence-corrected chi connectivity index (χ3v) is 7.46. The van der Waals surface area contributed by atoms with Gasteiger partial charge in [0.1, 0.15) is 0 Å². The molecule has 3 aromatic carbocycles. The molecule has 0 atom stereocenters. The monoisotopic (exact) mass is 474 g/mol. The fourth-order valence-electron chi connectivity index (χ4n) is 3.56. The van der Waals surface area contributed by atoms with Crippen LogP contribution in [0.25, 0.3) is 0 Å². The van der Waals surface area contributed by atoms with E-state index in [4.69, 9.17) is 0 Å². The number of hydrogen-bond donors (Lipinski definition) is 0. The zero-order valence-electron chi connectivity index (χ0n) is 14.0. The lowest BCUT2D eigenvalue weighted by Gasteiger charge is -2.36. The summed E-state index contributed by atoms with van der Waals surface area (Å²) in [6.45, 7) is 0. The minimum absolute atomic E-state index is 0.116. The lowest BCUT2D eigenvalue weighted by atomic mass is 9.67. The van der Waals surface area contributed by atoms with E-state index in [-0.39, 0.29) is 10.7 Å². The van der Waals surface area contributed by atoms with E-state index in [0.717, 1.165) is 19.0 Å². The summed E-state index contributed by atoms with van der Waals surface area (Å²) in [4.78, 5) is 0. The van der Waals surface area contributed by atoms with Gasteiger partial charge in [-0.25, -0.2) is 0 Å². The predicted octanol–water partition coefficient (Wildman–Crippen LogP) is 7.90. The van der Waals surface area contributed by atoms with E-state index in [0.29, 0.717) is 0 Å². The molecule has 3 heteroatoms. The Balaban J connectivity index is 2.16. The van der Waals surface area contributed by atoms with Crippen molar-refractivity contribution in [2.75, 3.05) is 6.16 Å². The van der Waals surface area contributed by atoms with E-state index in [1.165, 1.54) is 16.7 Å². The largest absolute Gasteiger partial charge is 0.0622 e. The Hall–Kier alpha value is -0.950. The third-order valence-electron chi connectivity index (χ3n) is 4.68. The van der Waals surface area contributed by atoms with Crippen LogP contribution in [0.2, 0.25) is 0 Å². The van der Waals surface area contributed by atoms with Crippen molar-refractivity contribution in [3.8, 4) is 0 Å². The van der Waals surface area contributed by atoms with Crippen molar-refractivity contribution in [3.63, 3.8) is 0 Å². The molecule has 0 saturated carbocycles. The molecular formula is C22H21Br2P. The van der Waals surface area contributed by atoms with Gasteiger partial charge in [0.25, 0.3) is 0 Å². The molecule has 0 radical (unpaired) electrons. The summed E-state index contributed by atoms with van der Waals surface area (Å²) in [7, 11) is 0.